The summed E-state index contributed by atoms with van der Waals surface area (Å²) in [6.07, 6.45) is 8.10. The first-order chi connectivity index (χ1) is 6.27. The molecule has 0 heterocycles. The molecule has 0 radical (unpaired) electrons. The zero-order valence-electron chi connectivity index (χ0n) is 8.04. The number of carbonyl (C=O) groups is 1. The summed E-state index contributed by atoms with van der Waals surface area (Å²) in [6.45, 7) is 0. The zero-order valence-corrected chi connectivity index (χ0v) is 8.04. The van der Waals surface area contributed by atoms with Crippen molar-refractivity contribution in [1.82, 2.24) is 0 Å². The number of hydrogen-bond acceptors (Lipinski definition) is 2. The summed E-state index contributed by atoms with van der Waals surface area (Å²) in [5, 5.41) is 10.4. The van der Waals surface area contributed by atoms with Crippen molar-refractivity contribution in [2.24, 2.45) is 11.8 Å². The molecule has 2 aliphatic carbocycles. The first-order valence-electron chi connectivity index (χ1n) is 5.43. The van der Waals surface area contributed by atoms with Gasteiger partial charge in [-0.25, -0.2) is 0 Å². The van der Waals surface area contributed by atoms with Gasteiger partial charge in [-0.05, 0) is 50.4 Å². The number of aliphatic hydroxyl groups is 1. The molecule has 0 aromatic rings. The Kier molecular flexibility index (Phi) is 2.41. The summed E-state index contributed by atoms with van der Waals surface area (Å²) in [7, 11) is 0. The molecule has 2 saturated carbocycles. The summed E-state index contributed by atoms with van der Waals surface area (Å²) in [6, 6.07) is 0. The average molecular weight is 182 g/mol. The maximum atomic E-state index is 10.4. The zero-order chi connectivity index (χ0) is 9.31. The maximum Gasteiger partial charge on any atom is 0.119 e. The Bertz CT molecular complexity index is 180. The van der Waals surface area contributed by atoms with Crippen LogP contribution in [0.25, 0.3) is 0 Å². The summed E-state index contributed by atoms with van der Waals surface area (Å²) >= 11 is 0. The molecule has 2 fully saturated rings. The Morgan fingerprint density at radius 2 is 1.77 bits per heavy atom. The minimum Gasteiger partial charge on any atom is -0.389 e. The lowest BCUT2D eigenvalue weighted by Crippen LogP contribution is -2.33. The van der Waals surface area contributed by atoms with Gasteiger partial charge in [0.1, 0.15) is 6.29 Å². The highest BCUT2D eigenvalue weighted by atomic mass is 16.3. The van der Waals surface area contributed by atoms with Gasteiger partial charge >= 0.3 is 0 Å². The Morgan fingerprint density at radius 3 is 2.15 bits per heavy atom. The number of aldehydes is 1. The number of unbranched alkanes of at least 4 members (excludes halogenated alkanes) is 1. The number of hydrogen-bond donors (Lipinski definition) is 1. The van der Waals surface area contributed by atoms with Crippen molar-refractivity contribution in [2.75, 3.05) is 0 Å². The van der Waals surface area contributed by atoms with Crippen molar-refractivity contribution in [3.05, 3.63) is 0 Å². The van der Waals surface area contributed by atoms with E-state index in [-0.39, 0.29) is 5.60 Å². The van der Waals surface area contributed by atoms with Crippen molar-refractivity contribution in [1.29, 1.82) is 0 Å². The normalized spacial score (nSPS) is 23.2. The largest absolute Gasteiger partial charge is 0.389 e. The molecule has 1 N–H and O–H groups in total. The van der Waals surface area contributed by atoms with Crippen molar-refractivity contribution < 1.29 is 9.90 Å². The van der Waals surface area contributed by atoms with Gasteiger partial charge in [-0.2, -0.15) is 0 Å². The summed E-state index contributed by atoms with van der Waals surface area (Å²) in [5.41, 5.74) is -0.386. The molecule has 0 unspecified atom stereocenters. The molecule has 0 aromatic heterocycles. The molecule has 0 aliphatic heterocycles. The van der Waals surface area contributed by atoms with E-state index in [1.165, 1.54) is 25.7 Å². The minimum atomic E-state index is -0.386. The third-order valence-corrected chi connectivity index (χ3v) is 3.47. The van der Waals surface area contributed by atoms with Crippen LogP contribution in [0.5, 0.6) is 0 Å². The van der Waals surface area contributed by atoms with E-state index in [2.05, 4.69) is 0 Å². The Labute approximate surface area is 79.3 Å². The SMILES string of the molecule is O=CCCCC(O)(C1CC1)C1CC1. The molecule has 13 heavy (non-hydrogen) atoms. The van der Waals surface area contributed by atoms with Crippen molar-refractivity contribution in [2.45, 2.75) is 50.5 Å². The average Bonchev–Trinajstić information content (AvgIpc) is 2.95. The van der Waals surface area contributed by atoms with E-state index in [4.69, 9.17) is 0 Å². The smallest absolute Gasteiger partial charge is 0.119 e. The first kappa shape index (κ1) is 9.20. The molecule has 2 rings (SSSR count). The highest BCUT2D eigenvalue weighted by Gasteiger charge is 2.52. The van der Waals surface area contributed by atoms with Crippen LogP contribution in [-0.4, -0.2) is 17.0 Å². The topological polar surface area (TPSA) is 37.3 Å². The van der Waals surface area contributed by atoms with Crippen LogP contribution in [0.2, 0.25) is 0 Å². The third kappa shape index (κ3) is 1.93. The van der Waals surface area contributed by atoms with E-state index in [1.807, 2.05) is 0 Å². The third-order valence-electron chi connectivity index (χ3n) is 3.47. The molecule has 0 bridgehead atoms. The van der Waals surface area contributed by atoms with Crippen LogP contribution in [0.3, 0.4) is 0 Å². The lowest BCUT2D eigenvalue weighted by Gasteiger charge is -2.28. The molecule has 0 atom stereocenters. The highest BCUT2D eigenvalue weighted by Crippen LogP contribution is 2.54. The first-order valence-corrected chi connectivity index (χ1v) is 5.43. The van der Waals surface area contributed by atoms with Crippen LogP contribution in [0.1, 0.15) is 44.9 Å². The minimum absolute atomic E-state index is 0.386. The van der Waals surface area contributed by atoms with Crippen LogP contribution >= 0.6 is 0 Å². The van der Waals surface area contributed by atoms with Gasteiger partial charge in [0.15, 0.2) is 0 Å². The predicted molar refractivity (Wildman–Crippen MR) is 50.3 cm³/mol. The molecule has 0 aromatic carbocycles. The Hall–Kier alpha value is -0.370. The second-order valence-corrected chi connectivity index (χ2v) is 4.60. The highest BCUT2D eigenvalue weighted by molar-refractivity contribution is 5.49. The Balaban J connectivity index is 1.84. The fourth-order valence-electron chi connectivity index (χ4n) is 2.38. The van der Waals surface area contributed by atoms with Gasteiger partial charge in [-0.3, -0.25) is 0 Å². The summed E-state index contributed by atoms with van der Waals surface area (Å²) in [4.78, 5) is 10.2. The van der Waals surface area contributed by atoms with Gasteiger partial charge in [-0.15, -0.1) is 0 Å². The van der Waals surface area contributed by atoms with Gasteiger partial charge in [-0.1, -0.05) is 0 Å². The standard InChI is InChI=1S/C11H18O2/c12-8-2-1-7-11(13,9-3-4-9)10-5-6-10/h8-10,13H,1-7H2. The van der Waals surface area contributed by atoms with E-state index < -0.39 is 0 Å². The van der Waals surface area contributed by atoms with E-state index in [0.29, 0.717) is 18.3 Å². The molecule has 2 heteroatoms. The molecular weight excluding hydrogens is 164 g/mol. The van der Waals surface area contributed by atoms with Gasteiger partial charge in [0, 0.05) is 6.42 Å². The monoisotopic (exact) mass is 182 g/mol. The maximum absolute atomic E-state index is 10.4. The lowest BCUT2D eigenvalue weighted by atomic mass is 9.86. The van der Waals surface area contributed by atoms with Gasteiger partial charge in [0.25, 0.3) is 0 Å². The van der Waals surface area contributed by atoms with Crippen LogP contribution < -0.4 is 0 Å². The van der Waals surface area contributed by atoms with Crippen LogP contribution in [0.4, 0.5) is 0 Å². The summed E-state index contributed by atoms with van der Waals surface area (Å²) in [5.74, 6) is 1.12. The molecule has 2 nitrogen and oxygen atoms in total. The van der Waals surface area contributed by atoms with Crippen LogP contribution in [-0.2, 0) is 4.79 Å². The van der Waals surface area contributed by atoms with Gasteiger partial charge < -0.3 is 9.90 Å². The molecule has 0 spiro atoms. The van der Waals surface area contributed by atoms with Crippen LogP contribution in [0.15, 0.2) is 0 Å². The second kappa shape index (κ2) is 3.41. The second-order valence-electron chi connectivity index (χ2n) is 4.60. The van der Waals surface area contributed by atoms with Crippen molar-refractivity contribution in [3.8, 4) is 0 Å². The van der Waals surface area contributed by atoms with E-state index in [0.717, 1.165) is 19.1 Å². The van der Waals surface area contributed by atoms with Gasteiger partial charge in [0.2, 0.25) is 0 Å². The van der Waals surface area contributed by atoms with Gasteiger partial charge in [0.05, 0.1) is 5.60 Å². The number of rotatable bonds is 6. The Morgan fingerprint density at radius 1 is 1.23 bits per heavy atom. The molecule has 2 aliphatic rings. The van der Waals surface area contributed by atoms with E-state index in [9.17, 15) is 9.90 Å². The quantitative estimate of drug-likeness (QED) is 0.503. The predicted octanol–water partition coefficient (Wildman–Crippen LogP) is 1.91. The van der Waals surface area contributed by atoms with E-state index >= 15 is 0 Å². The molecular formula is C11H18O2. The van der Waals surface area contributed by atoms with E-state index in [1.54, 1.807) is 0 Å². The lowest BCUT2D eigenvalue weighted by molar-refractivity contribution is -0.108. The molecule has 0 saturated heterocycles. The number of carbonyl (C=O) groups excluding carboxylic acids is 1. The fraction of sp³-hybridized carbons (Fsp3) is 0.909. The fourth-order valence-corrected chi connectivity index (χ4v) is 2.38. The van der Waals surface area contributed by atoms with Crippen LogP contribution in [0, 0.1) is 11.8 Å². The van der Waals surface area contributed by atoms with Crippen molar-refractivity contribution >= 4 is 6.29 Å². The molecule has 0 amide bonds. The van der Waals surface area contributed by atoms with Crippen molar-refractivity contribution in [3.63, 3.8) is 0 Å². The molecule has 74 valence electrons. The summed E-state index contributed by atoms with van der Waals surface area (Å²) < 4.78 is 0.